The van der Waals surface area contributed by atoms with Crippen molar-refractivity contribution < 1.29 is 9.90 Å². The first-order valence-corrected chi connectivity index (χ1v) is 9.94. The molecule has 0 aromatic heterocycles. The summed E-state index contributed by atoms with van der Waals surface area (Å²) in [5, 5.41) is 10.8. The Morgan fingerprint density at radius 3 is 2.21 bits per heavy atom. The summed E-state index contributed by atoms with van der Waals surface area (Å²) in [6, 6.07) is 25.3. The molecule has 0 unspecified atom stereocenters. The highest BCUT2D eigenvalue weighted by Gasteiger charge is 2.40. The number of amides is 1. The fourth-order valence-corrected chi connectivity index (χ4v) is 3.88. The first-order valence-electron chi connectivity index (χ1n) is 9.15. The number of aryl methyl sites for hydroxylation is 1. The van der Waals surface area contributed by atoms with Crippen LogP contribution in [-0.4, -0.2) is 15.9 Å². The normalized spacial score (nSPS) is 16.7. The van der Waals surface area contributed by atoms with Gasteiger partial charge in [0, 0.05) is 16.6 Å². The highest BCUT2D eigenvalue weighted by Crippen LogP contribution is 2.43. The molecule has 3 aromatic rings. The monoisotopic (exact) mass is 433 g/mol. The number of hydrogen-bond acceptors (Lipinski definition) is 2. The molecule has 0 fully saturated rings. The van der Waals surface area contributed by atoms with E-state index in [-0.39, 0.29) is 17.7 Å². The van der Waals surface area contributed by atoms with Gasteiger partial charge in [-0.15, -0.1) is 0 Å². The second kappa shape index (κ2) is 7.64. The van der Waals surface area contributed by atoms with Crippen molar-refractivity contribution in [3.8, 4) is 0 Å². The van der Waals surface area contributed by atoms with Crippen LogP contribution in [0.4, 0.5) is 0 Å². The SMILES string of the molecule is Cc1ccc(C2=C(O)C(=O)N(Cc3ccccc3)[C@H]2c2ccc(Br)cc2)cc1. The van der Waals surface area contributed by atoms with E-state index < -0.39 is 0 Å². The average molecular weight is 434 g/mol. The van der Waals surface area contributed by atoms with Gasteiger partial charge < -0.3 is 10.0 Å². The van der Waals surface area contributed by atoms with E-state index in [2.05, 4.69) is 15.9 Å². The number of aliphatic hydroxyl groups excluding tert-OH is 1. The van der Waals surface area contributed by atoms with E-state index in [1.807, 2.05) is 85.8 Å². The number of hydrogen-bond donors (Lipinski definition) is 1. The Balaban J connectivity index is 1.81. The van der Waals surface area contributed by atoms with Crippen LogP contribution in [0, 0.1) is 6.92 Å². The lowest BCUT2D eigenvalue weighted by atomic mass is 9.93. The van der Waals surface area contributed by atoms with Gasteiger partial charge in [-0.25, -0.2) is 0 Å². The molecule has 3 aromatic carbocycles. The van der Waals surface area contributed by atoms with Crippen molar-refractivity contribution in [3.05, 3.63) is 111 Å². The summed E-state index contributed by atoms with van der Waals surface area (Å²) in [4.78, 5) is 14.8. The predicted molar refractivity (Wildman–Crippen MR) is 115 cm³/mol. The molecule has 0 saturated heterocycles. The van der Waals surface area contributed by atoms with Crippen molar-refractivity contribution in [2.24, 2.45) is 0 Å². The van der Waals surface area contributed by atoms with Crippen LogP contribution < -0.4 is 0 Å². The minimum Gasteiger partial charge on any atom is -0.503 e. The van der Waals surface area contributed by atoms with E-state index in [0.717, 1.165) is 26.7 Å². The van der Waals surface area contributed by atoms with Crippen LogP contribution in [0.2, 0.25) is 0 Å². The summed E-state index contributed by atoms with van der Waals surface area (Å²) in [5.41, 5.74) is 4.64. The van der Waals surface area contributed by atoms with Crippen molar-refractivity contribution in [2.45, 2.75) is 19.5 Å². The van der Waals surface area contributed by atoms with Gasteiger partial charge in [0.05, 0.1) is 6.04 Å². The maximum absolute atomic E-state index is 13.0. The summed E-state index contributed by atoms with van der Waals surface area (Å²) < 4.78 is 0.972. The molecule has 1 heterocycles. The molecular formula is C24H20BrNO2. The predicted octanol–water partition coefficient (Wildman–Crippen LogP) is 5.81. The van der Waals surface area contributed by atoms with Gasteiger partial charge in [0.1, 0.15) is 0 Å². The van der Waals surface area contributed by atoms with E-state index >= 15 is 0 Å². The first kappa shape index (κ1) is 18.5. The maximum atomic E-state index is 13.0. The molecule has 0 radical (unpaired) electrons. The lowest BCUT2D eigenvalue weighted by Crippen LogP contribution is -2.29. The minimum absolute atomic E-state index is 0.173. The Labute approximate surface area is 173 Å². The Bertz CT molecular complexity index is 1020. The van der Waals surface area contributed by atoms with E-state index in [1.165, 1.54) is 0 Å². The third-order valence-corrected chi connectivity index (χ3v) is 5.58. The molecule has 1 amide bonds. The van der Waals surface area contributed by atoms with Gasteiger partial charge >= 0.3 is 0 Å². The number of halogens is 1. The van der Waals surface area contributed by atoms with Gasteiger partial charge in [0.2, 0.25) is 0 Å². The van der Waals surface area contributed by atoms with Gasteiger partial charge in [-0.2, -0.15) is 0 Å². The number of carbonyl (C=O) groups is 1. The van der Waals surface area contributed by atoms with Crippen molar-refractivity contribution >= 4 is 27.4 Å². The molecule has 28 heavy (non-hydrogen) atoms. The Kier molecular flexibility index (Phi) is 5.05. The third kappa shape index (κ3) is 3.48. The third-order valence-electron chi connectivity index (χ3n) is 5.05. The molecule has 0 aliphatic carbocycles. The number of aliphatic hydroxyl groups is 1. The molecule has 0 spiro atoms. The standard InChI is InChI=1S/C24H20BrNO2/c1-16-7-9-18(10-8-16)21-22(19-11-13-20(25)14-12-19)26(24(28)23(21)27)15-17-5-3-2-4-6-17/h2-14,22,27H,15H2,1H3/t22-/m0/s1. The van der Waals surface area contributed by atoms with Crippen LogP contribution >= 0.6 is 15.9 Å². The largest absolute Gasteiger partial charge is 0.503 e. The quantitative estimate of drug-likeness (QED) is 0.563. The molecule has 1 N–H and O–H groups in total. The van der Waals surface area contributed by atoms with Crippen LogP contribution in [0.15, 0.2) is 89.1 Å². The van der Waals surface area contributed by atoms with Crippen LogP contribution in [0.1, 0.15) is 28.3 Å². The van der Waals surface area contributed by atoms with Gasteiger partial charge in [-0.05, 0) is 35.7 Å². The van der Waals surface area contributed by atoms with E-state index in [1.54, 1.807) is 4.90 Å². The molecule has 1 atom stereocenters. The molecule has 1 aliphatic rings. The number of benzene rings is 3. The van der Waals surface area contributed by atoms with Crippen molar-refractivity contribution in [2.75, 3.05) is 0 Å². The van der Waals surface area contributed by atoms with Crippen molar-refractivity contribution in [3.63, 3.8) is 0 Å². The molecule has 140 valence electrons. The molecule has 0 saturated carbocycles. The zero-order valence-corrected chi connectivity index (χ0v) is 17.1. The van der Waals surface area contributed by atoms with Crippen LogP contribution in [-0.2, 0) is 11.3 Å². The van der Waals surface area contributed by atoms with Gasteiger partial charge in [0.15, 0.2) is 5.76 Å². The zero-order valence-electron chi connectivity index (χ0n) is 15.5. The molecule has 4 rings (SSSR count). The second-order valence-electron chi connectivity index (χ2n) is 7.00. The molecule has 0 bridgehead atoms. The highest BCUT2D eigenvalue weighted by molar-refractivity contribution is 9.10. The van der Waals surface area contributed by atoms with Crippen molar-refractivity contribution in [1.82, 2.24) is 4.90 Å². The topological polar surface area (TPSA) is 40.5 Å². The van der Waals surface area contributed by atoms with Gasteiger partial charge in [0.25, 0.3) is 5.91 Å². The summed E-state index contributed by atoms with van der Waals surface area (Å²) in [6.07, 6.45) is 0. The van der Waals surface area contributed by atoms with Crippen molar-refractivity contribution in [1.29, 1.82) is 0 Å². The smallest absolute Gasteiger partial charge is 0.290 e. The molecule has 1 aliphatic heterocycles. The Morgan fingerprint density at radius 1 is 0.929 bits per heavy atom. The Hall–Kier alpha value is -2.85. The van der Waals surface area contributed by atoms with E-state index in [0.29, 0.717) is 12.1 Å². The molecular weight excluding hydrogens is 414 g/mol. The van der Waals surface area contributed by atoms with Gasteiger partial charge in [-0.3, -0.25) is 4.79 Å². The number of nitrogens with zero attached hydrogens (tertiary/aromatic N) is 1. The van der Waals surface area contributed by atoms with E-state index in [9.17, 15) is 9.90 Å². The van der Waals surface area contributed by atoms with Crippen LogP contribution in [0.5, 0.6) is 0 Å². The van der Waals surface area contributed by atoms with Crippen LogP contribution in [0.25, 0.3) is 5.57 Å². The number of rotatable bonds is 4. The summed E-state index contributed by atoms with van der Waals surface area (Å²) in [7, 11) is 0. The molecule has 3 nitrogen and oxygen atoms in total. The fourth-order valence-electron chi connectivity index (χ4n) is 3.62. The number of carbonyl (C=O) groups excluding carboxylic acids is 1. The maximum Gasteiger partial charge on any atom is 0.290 e. The van der Waals surface area contributed by atoms with E-state index in [4.69, 9.17) is 0 Å². The lowest BCUT2D eigenvalue weighted by Gasteiger charge is -2.27. The second-order valence-corrected chi connectivity index (χ2v) is 7.92. The fraction of sp³-hybridized carbons (Fsp3) is 0.125. The highest BCUT2D eigenvalue weighted by atomic mass is 79.9. The summed E-state index contributed by atoms with van der Waals surface area (Å²) in [5.74, 6) is -0.514. The zero-order chi connectivity index (χ0) is 19.7. The van der Waals surface area contributed by atoms with Crippen LogP contribution in [0.3, 0.4) is 0 Å². The summed E-state index contributed by atoms with van der Waals surface area (Å²) >= 11 is 3.47. The average Bonchev–Trinajstić information content (AvgIpc) is 2.95. The summed E-state index contributed by atoms with van der Waals surface area (Å²) in [6.45, 7) is 2.45. The van der Waals surface area contributed by atoms with Gasteiger partial charge in [-0.1, -0.05) is 88.2 Å². The Morgan fingerprint density at radius 2 is 1.57 bits per heavy atom. The molecule has 4 heteroatoms. The lowest BCUT2D eigenvalue weighted by molar-refractivity contribution is -0.130. The minimum atomic E-state index is -0.344. The first-order chi connectivity index (χ1) is 13.5.